The first-order valence-electron chi connectivity index (χ1n) is 5.45. The number of anilines is 1. The van der Waals surface area contributed by atoms with Crippen molar-refractivity contribution >= 4 is 11.7 Å². The molecule has 0 radical (unpaired) electrons. The SMILES string of the molecule is C[C@H](CCO)NC(=O)Nc1ccc(F)c(C#N)c1. The second-order valence-corrected chi connectivity index (χ2v) is 3.82. The number of urea groups is 1. The van der Waals surface area contributed by atoms with Gasteiger partial charge in [-0.25, -0.2) is 9.18 Å². The molecule has 0 fully saturated rings. The highest BCUT2D eigenvalue weighted by Gasteiger charge is 2.08. The molecule has 1 rings (SSSR count). The quantitative estimate of drug-likeness (QED) is 0.759. The Balaban J connectivity index is 2.62. The standard InChI is InChI=1S/C12H14FN3O2/c1-8(4-5-17)15-12(18)16-10-2-3-11(13)9(6-10)7-14/h2-3,6,8,17H,4-5H2,1H3,(H2,15,16,18)/t8-/m1/s1. The molecule has 0 aliphatic carbocycles. The Hall–Kier alpha value is -2.13. The number of benzene rings is 1. The third kappa shape index (κ3) is 4.03. The van der Waals surface area contributed by atoms with Gasteiger partial charge in [0.2, 0.25) is 0 Å². The third-order valence-electron chi connectivity index (χ3n) is 2.28. The molecule has 0 heterocycles. The van der Waals surface area contributed by atoms with E-state index in [1.54, 1.807) is 13.0 Å². The van der Waals surface area contributed by atoms with Crippen molar-refractivity contribution < 1.29 is 14.3 Å². The van der Waals surface area contributed by atoms with Gasteiger partial charge in [0.15, 0.2) is 0 Å². The van der Waals surface area contributed by atoms with Gasteiger partial charge in [-0.05, 0) is 31.5 Å². The fraction of sp³-hybridized carbons (Fsp3) is 0.333. The molecule has 18 heavy (non-hydrogen) atoms. The number of nitrogens with one attached hydrogen (secondary N) is 2. The highest BCUT2D eigenvalue weighted by Crippen LogP contribution is 2.13. The van der Waals surface area contributed by atoms with Crippen molar-refractivity contribution in [3.63, 3.8) is 0 Å². The maximum atomic E-state index is 13.0. The average molecular weight is 251 g/mol. The smallest absolute Gasteiger partial charge is 0.319 e. The molecule has 0 saturated heterocycles. The van der Waals surface area contributed by atoms with Crippen LogP contribution in [-0.2, 0) is 0 Å². The fourth-order valence-corrected chi connectivity index (χ4v) is 1.35. The van der Waals surface area contributed by atoms with Gasteiger partial charge in [0.1, 0.15) is 11.9 Å². The zero-order chi connectivity index (χ0) is 13.5. The molecule has 1 aromatic carbocycles. The summed E-state index contributed by atoms with van der Waals surface area (Å²) in [6.07, 6.45) is 0.445. The predicted octanol–water partition coefficient (Wildman–Crippen LogP) is 1.59. The number of nitrogens with zero attached hydrogens (tertiary/aromatic N) is 1. The highest BCUT2D eigenvalue weighted by atomic mass is 19.1. The van der Waals surface area contributed by atoms with Gasteiger partial charge in [0.05, 0.1) is 5.56 Å². The van der Waals surface area contributed by atoms with E-state index in [2.05, 4.69) is 10.6 Å². The highest BCUT2D eigenvalue weighted by molar-refractivity contribution is 5.89. The monoisotopic (exact) mass is 251 g/mol. The Morgan fingerprint density at radius 1 is 1.61 bits per heavy atom. The van der Waals surface area contributed by atoms with Gasteiger partial charge < -0.3 is 15.7 Å². The number of hydrogen-bond acceptors (Lipinski definition) is 3. The zero-order valence-corrected chi connectivity index (χ0v) is 9.90. The van der Waals surface area contributed by atoms with Gasteiger partial charge in [-0.15, -0.1) is 0 Å². The van der Waals surface area contributed by atoms with Crippen molar-refractivity contribution in [2.45, 2.75) is 19.4 Å². The first-order chi connectivity index (χ1) is 8.56. The first kappa shape index (κ1) is 13.9. The summed E-state index contributed by atoms with van der Waals surface area (Å²) >= 11 is 0. The van der Waals surface area contributed by atoms with E-state index in [0.29, 0.717) is 12.1 Å². The Labute approximate surface area is 104 Å². The maximum Gasteiger partial charge on any atom is 0.319 e. The lowest BCUT2D eigenvalue weighted by Gasteiger charge is -2.13. The second kappa shape index (κ2) is 6.57. The molecule has 6 heteroatoms. The molecule has 3 N–H and O–H groups in total. The van der Waals surface area contributed by atoms with Crippen LogP contribution < -0.4 is 10.6 Å². The van der Waals surface area contributed by atoms with E-state index in [-0.39, 0.29) is 18.2 Å². The molecule has 96 valence electrons. The number of rotatable bonds is 4. The van der Waals surface area contributed by atoms with Crippen LogP contribution in [0.5, 0.6) is 0 Å². The minimum absolute atomic E-state index is 0.0173. The molecular weight excluding hydrogens is 237 g/mol. The number of carbonyl (C=O) groups excluding carboxylic acids is 1. The molecule has 0 bridgehead atoms. The van der Waals surface area contributed by atoms with E-state index < -0.39 is 11.8 Å². The van der Waals surface area contributed by atoms with E-state index in [1.807, 2.05) is 0 Å². The molecule has 2 amide bonds. The number of aliphatic hydroxyl groups excluding tert-OH is 1. The topological polar surface area (TPSA) is 85.2 Å². The number of hydrogen-bond donors (Lipinski definition) is 3. The number of aliphatic hydroxyl groups is 1. The van der Waals surface area contributed by atoms with Crippen molar-refractivity contribution in [3.05, 3.63) is 29.6 Å². The second-order valence-electron chi connectivity index (χ2n) is 3.82. The Morgan fingerprint density at radius 2 is 2.33 bits per heavy atom. The fourth-order valence-electron chi connectivity index (χ4n) is 1.35. The molecule has 0 aromatic heterocycles. The van der Waals surface area contributed by atoms with Crippen LogP contribution in [0.1, 0.15) is 18.9 Å². The Bertz CT molecular complexity index is 471. The van der Waals surface area contributed by atoms with Crippen molar-refractivity contribution in [1.82, 2.24) is 5.32 Å². The normalized spacial score (nSPS) is 11.4. The van der Waals surface area contributed by atoms with Crippen LogP contribution in [0, 0.1) is 17.1 Å². The molecular formula is C12H14FN3O2. The summed E-state index contributed by atoms with van der Waals surface area (Å²) in [5.74, 6) is -0.628. The van der Waals surface area contributed by atoms with Crippen LogP contribution in [-0.4, -0.2) is 23.8 Å². The molecule has 1 aromatic rings. The van der Waals surface area contributed by atoms with Gasteiger partial charge in [0.25, 0.3) is 0 Å². The van der Waals surface area contributed by atoms with Crippen LogP contribution in [0.4, 0.5) is 14.9 Å². The minimum Gasteiger partial charge on any atom is -0.396 e. The average Bonchev–Trinajstić information content (AvgIpc) is 2.31. The van der Waals surface area contributed by atoms with E-state index in [9.17, 15) is 9.18 Å². The summed E-state index contributed by atoms with van der Waals surface area (Å²) in [4.78, 5) is 11.5. The van der Waals surface area contributed by atoms with Gasteiger partial charge in [-0.3, -0.25) is 0 Å². The van der Waals surface area contributed by atoms with Crippen LogP contribution in [0.25, 0.3) is 0 Å². The molecule has 0 aliphatic rings. The zero-order valence-electron chi connectivity index (χ0n) is 9.90. The van der Waals surface area contributed by atoms with Gasteiger partial charge in [-0.2, -0.15) is 5.26 Å². The molecule has 0 saturated carbocycles. The summed E-state index contributed by atoms with van der Waals surface area (Å²) in [7, 11) is 0. The summed E-state index contributed by atoms with van der Waals surface area (Å²) in [5.41, 5.74) is 0.206. The van der Waals surface area contributed by atoms with Crippen molar-refractivity contribution in [2.75, 3.05) is 11.9 Å². The van der Waals surface area contributed by atoms with Crippen LogP contribution >= 0.6 is 0 Å². The molecule has 1 atom stereocenters. The molecule has 5 nitrogen and oxygen atoms in total. The predicted molar refractivity (Wildman–Crippen MR) is 64.4 cm³/mol. The summed E-state index contributed by atoms with van der Waals surface area (Å²) in [6.45, 7) is 1.73. The van der Waals surface area contributed by atoms with Crippen molar-refractivity contribution in [3.8, 4) is 6.07 Å². The number of nitriles is 1. The van der Waals surface area contributed by atoms with Crippen molar-refractivity contribution in [2.24, 2.45) is 0 Å². The molecule has 0 spiro atoms. The third-order valence-corrected chi connectivity index (χ3v) is 2.28. The lowest BCUT2D eigenvalue weighted by Crippen LogP contribution is -2.36. The van der Waals surface area contributed by atoms with Crippen LogP contribution in [0.15, 0.2) is 18.2 Å². The minimum atomic E-state index is -0.628. The van der Waals surface area contributed by atoms with Gasteiger partial charge >= 0.3 is 6.03 Å². The first-order valence-corrected chi connectivity index (χ1v) is 5.45. The largest absolute Gasteiger partial charge is 0.396 e. The summed E-state index contributed by atoms with van der Waals surface area (Å²) in [5, 5.41) is 22.4. The van der Waals surface area contributed by atoms with Gasteiger partial charge in [-0.1, -0.05) is 0 Å². The Kier molecular flexibility index (Phi) is 5.08. The number of carbonyl (C=O) groups is 1. The molecule has 0 aliphatic heterocycles. The molecule has 0 unspecified atom stereocenters. The lowest BCUT2D eigenvalue weighted by molar-refractivity contribution is 0.241. The number of halogens is 1. The summed E-state index contributed by atoms with van der Waals surface area (Å²) < 4.78 is 13.0. The van der Waals surface area contributed by atoms with Gasteiger partial charge in [0, 0.05) is 18.3 Å². The van der Waals surface area contributed by atoms with Crippen molar-refractivity contribution in [1.29, 1.82) is 5.26 Å². The van der Waals surface area contributed by atoms with E-state index in [0.717, 1.165) is 6.07 Å². The number of amides is 2. The van der Waals surface area contributed by atoms with Crippen LogP contribution in [0.2, 0.25) is 0 Å². The van der Waals surface area contributed by atoms with E-state index in [4.69, 9.17) is 10.4 Å². The van der Waals surface area contributed by atoms with Crippen LogP contribution in [0.3, 0.4) is 0 Å². The Morgan fingerprint density at radius 3 is 2.94 bits per heavy atom. The summed E-state index contributed by atoms with van der Waals surface area (Å²) in [6, 6.07) is 4.79. The lowest BCUT2D eigenvalue weighted by atomic mass is 10.2. The van der Waals surface area contributed by atoms with E-state index >= 15 is 0 Å². The van der Waals surface area contributed by atoms with E-state index in [1.165, 1.54) is 12.1 Å². The maximum absolute atomic E-state index is 13.0.